The Kier molecular flexibility index (Phi) is 2.30. The third-order valence-electron chi connectivity index (χ3n) is 1.97. The van der Waals surface area contributed by atoms with E-state index < -0.39 is 0 Å². The predicted octanol–water partition coefficient (Wildman–Crippen LogP) is 3.61. The SMILES string of the molecule is Cc1ccc(Cl)c(-c2ncc(C)o2)c1. The van der Waals surface area contributed by atoms with Crippen LogP contribution < -0.4 is 0 Å². The maximum absolute atomic E-state index is 6.04. The van der Waals surface area contributed by atoms with Gasteiger partial charge in [0, 0.05) is 0 Å². The van der Waals surface area contributed by atoms with Crippen molar-refractivity contribution in [2.24, 2.45) is 0 Å². The Labute approximate surface area is 87.5 Å². The van der Waals surface area contributed by atoms with E-state index in [1.54, 1.807) is 6.20 Å². The molecule has 0 aliphatic heterocycles. The first-order chi connectivity index (χ1) is 6.66. The van der Waals surface area contributed by atoms with Crippen LogP contribution >= 0.6 is 11.6 Å². The van der Waals surface area contributed by atoms with E-state index in [2.05, 4.69) is 4.98 Å². The molecule has 3 heteroatoms. The summed E-state index contributed by atoms with van der Waals surface area (Å²) >= 11 is 6.04. The molecule has 0 bridgehead atoms. The Morgan fingerprint density at radius 3 is 2.71 bits per heavy atom. The standard InChI is InChI=1S/C11H10ClNO/c1-7-3-4-10(12)9(5-7)11-13-6-8(2)14-11/h3-6H,1-2H3. The normalized spacial score (nSPS) is 10.5. The Morgan fingerprint density at radius 2 is 2.07 bits per heavy atom. The van der Waals surface area contributed by atoms with Gasteiger partial charge in [-0.3, -0.25) is 0 Å². The van der Waals surface area contributed by atoms with Crippen molar-refractivity contribution < 1.29 is 4.42 Å². The molecule has 2 nitrogen and oxygen atoms in total. The summed E-state index contributed by atoms with van der Waals surface area (Å²) in [5.41, 5.74) is 1.99. The van der Waals surface area contributed by atoms with Gasteiger partial charge in [0.2, 0.25) is 5.89 Å². The zero-order valence-corrected chi connectivity index (χ0v) is 8.80. The molecule has 0 unspecified atom stereocenters. The summed E-state index contributed by atoms with van der Waals surface area (Å²) in [5, 5.41) is 0.664. The number of aromatic nitrogens is 1. The second-order valence-corrected chi connectivity index (χ2v) is 3.67. The van der Waals surface area contributed by atoms with Crippen LogP contribution in [0.5, 0.6) is 0 Å². The van der Waals surface area contributed by atoms with Crippen LogP contribution in [0.3, 0.4) is 0 Å². The molecule has 1 aromatic heterocycles. The van der Waals surface area contributed by atoms with E-state index >= 15 is 0 Å². The molecule has 14 heavy (non-hydrogen) atoms. The maximum Gasteiger partial charge on any atom is 0.227 e. The van der Waals surface area contributed by atoms with Crippen LogP contribution in [0.1, 0.15) is 11.3 Å². The highest BCUT2D eigenvalue weighted by Gasteiger charge is 2.08. The molecule has 2 aromatic rings. The zero-order valence-electron chi connectivity index (χ0n) is 8.04. The summed E-state index contributed by atoms with van der Waals surface area (Å²) in [6, 6.07) is 5.78. The van der Waals surface area contributed by atoms with Crippen LogP contribution in [0.2, 0.25) is 5.02 Å². The highest BCUT2D eigenvalue weighted by atomic mass is 35.5. The molecule has 0 aliphatic rings. The summed E-state index contributed by atoms with van der Waals surface area (Å²) in [6.07, 6.45) is 1.69. The topological polar surface area (TPSA) is 26.0 Å². The molecule has 0 atom stereocenters. The Morgan fingerprint density at radius 1 is 1.29 bits per heavy atom. The van der Waals surface area contributed by atoms with E-state index in [0.29, 0.717) is 10.9 Å². The van der Waals surface area contributed by atoms with Gasteiger partial charge in [-0.2, -0.15) is 0 Å². The van der Waals surface area contributed by atoms with E-state index in [1.807, 2.05) is 32.0 Å². The number of rotatable bonds is 1. The van der Waals surface area contributed by atoms with Crippen molar-refractivity contribution in [3.8, 4) is 11.5 Å². The number of nitrogens with zero attached hydrogens (tertiary/aromatic N) is 1. The molecule has 1 heterocycles. The lowest BCUT2D eigenvalue weighted by molar-refractivity contribution is 0.542. The number of oxazole rings is 1. The highest BCUT2D eigenvalue weighted by Crippen LogP contribution is 2.28. The van der Waals surface area contributed by atoms with Crippen LogP contribution in [0.25, 0.3) is 11.5 Å². The molecule has 2 rings (SSSR count). The van der Waals surface area contributed by atoms with E-state index in [0.717, 1.165) is 16.9 Å². The molecule has 0 saturated heterocycles. The molecule has 0 N–H and O–H groups in total. The lowest BCUT2D eigenvalue weighted by Crippen LogP contribution is -1.80. The zero-order chi connectivity index (χ0) is 10.1. The Bertz CT molecular complexity index is 462. The minimum Gasteiger partial charge on any atom is -0.441 e. The van der Waals surface area contributed by atoms with Crippen molar-refractivity contribution in [1.82, 2.24) is 4.98 Å². The average Bonchev–Trinajstić information content (AvgIpc) is 2.56. The Hall–Kier alpha value is -1.28. The van der Waals surface area contributed by atoms with E-state index in [-0.39, 0.29) is 0 Å². The molecular formula is C11H10ClNO. The van der Waals surface area contributed by atoms with Crippen LogP contribution in [-0.2, 0) is 0 Å². The van der Waals surface area contributed by atoms with Crippen molar-refractivity contribution in [2.45, 2.75) is 13.8 Å². The largest absolute Gasteiger partial charge is 0.441 e. The fraction of sp³-hybridized carbons (Fsp3) is 0.182. The summed E-state index contributed by atoms with van der Waals surface area (Å²) < 4.78 is 5.41. The van der Waals surface area contributed by atoms with Gasteiger partial charge in [-0.05, 0) is 26.0 Å². The van der Waals surface area contributed by atoms with Crippen molar-refractivity contribution in [3.05, 3.63) is 40.7 Å². The molecule has 0 fully saturated rings. The van der Waals surface area contributed by atoms with Crippen LogP contribution in [0, 0.1) is 13.8 Å². The minimum absolute atomic E-state index is 0.580. The van der Waals surface area contributed by atoms with Gasteiger partial charge in [0.1, 0.15) is 5.76 Å². The van der Waals surface area contributed by atoms with E-state index in [9.17, 15) is 0 Å². The molecule has 1 aromatic carbocycles. The van der Waals surface area contributed by atoms with Gasteiger partial charge in [0.15, 0.2) is 0 Å². The summed E-state index contributed by atoms with van der Waals surface area (Å²) in [4.78, 5) is 4.14. The van der Waals surface area contributed by atoms with Crippen LogP contribution in [0.4, 0.5) is 0 Å². The predicted molar refractivity (Wildman–Crippen MR) is 56.4 cm³/mol. The first kappa shape index (κ1) is 9.28. The minimum atomic E-state index is 0.580. The molecule has 0 radical (unpaired) electrons. The van der Waals surface area contributed by atoms with Gasteiger partial charge in [0.25, 0.3) is 0 Å². The third kappa shape index (κ3) is 1.66. The molecule has 0 spiro atoms. The Balaban J connectivity index is 2.55. The fourth-order valence-corrected chi connectivity index (χ4v) is 1.48. The second-order valence-electron chi connectivity index (χ2n) is 3.26. The summed E-state index contributed by atoms with van der Waals surface area (Å²) in [6.45, 7) is 3.87. The molecular weight excluding hydrogens is 198 g/mol. The first-order valence-corrected chi connectivity index (χ1v) is 4.73. The number of benzene rings is 1. The van der Waals surface area contributed by atoms with Gasteiger partial charge in [-0.25, -0.2) is 4.98 Å². The molecule has 0 amide bonds. The summed E-state index contributed by atoms with van der Waals surface area (Å²) in [7, 11) is 0. The van der Waals surface area contributed by atoms with Crippen molar-refractivity contribution >= 4 is 11.6 Å². The lowest BCUT2D eigenvalue weighted by atomic mass is 10.1. The first-order valence-electron chi connectivity index (χ1n) is 4.36. The molecule has 0 aliphatic carbocycles. The molecule has 72 valence electrons. The van der Waals surface area contributed by atoms with Crippen molar-refractivity contribution in [1.29, 1.82) is 0 Å². The summed E-state index contributed by atoms with van der Waals surface area (Å²) in [5.74, 6) is 1.37. The lowest BCUT2D eigenvalue weighted by Gasteiger charge is -2.00. The number of hydrogen-bond donors (Lipinski definition) is 0. The number of halogens is 1. The highest BCUT2D eigenvalue weighted by molar-refractivity contribution is 6.33. The van der Waals surface area contributed by atoms with Gasteiger partial charge >= 0.3 is 0 Å². The van der Waals surface area contributed by atoms with Gasteiger partial charge in [-0.1, -0.05) is 23.2 Å². The number of aryl methyl sites for hydroxylation is 2. The van der Waals surface area contributed by atoms with Crippen molar-refractivity contribution in [3.63, 3.8) is 0 Å². The molecule has 0 saturated carbocycles. The van der Waals surface area contributed by atoms with Crippen LogP contribution in [0.15, 0.2) is 28.8 Å². The maximum atomic E-state index is 6.04. The smallest absolute Gasteiger partial charge is 0.227 e. The quantitative estimate of drug-likeness (QED) is 0.714. The van der Waals surface area contributed by atoms with Gasteiger partial charge < -0.3 is 4.42 Å². The van der Waals surface area contributed by atoms with E-state index in [1.165, 1.54) is 0 Å². The second kappa shape index (κ2) is 3.46. The van der Waals surface area contributed by atoms with E-state index in [4.69, 9.17) is 16.0 Å². The van der Waals surface area contributed by atoms with Crippen LogP contribution in [-0.4, -0.2) is 4.98 Å². The van der Waals surface area contributed by atoms with Gasteiger partial charge in [-0.15, -0.1) is 0 Å². The number of hydrogen-bond acceptors (Lipinski definition) is 2. The average molecular weight is 208 g/mol. The van der Waals surface area contributed by atoms with Gasteiger partial charge in [0.05, 0.1) is 16.8 Å². The fourth-order valence-electron chi connectivity index (χ4n) is 1.28. The third-order valence-corrected chi connectivity index (χ3v) is 2.30. The van der Waals surface area contributed by atoms with Crippen molar-refractivity contribution in [2.75, 3.05) is 0 Å². The monoisotopic (exact) mass is 207 g/mol.